The van der Waals surface area contributed by atoms with Gasteiger partial charge in [0, 0.05) is 19.6 Å². The average molecular weight is 176 g/mol. The summed E-state index contributed by atoms with van der Waals surface area (Å²) in [6, 6.07) is 0. The maximum Gasteiger partial charge on any atom is 0.0594 e. The molecule has 0 saturated carbocycles. The van der Waals surface area contributed by atoms with Crippen LogP contribution in [0.3, 0.4) is 0 Å². The van der Waals surface area contributed by atoms with E-state index >= 15 is 0 Å². The van der Waals surface area contributed by atoms with Crippen molar-refractivity contribution in [2.75, 3.05) is 47.0 Å². The Morgan fingerprint density at radius 2 is 2.00 bits per heavy atom. The van der Waals surface area contributed by atoms with Gasteiger partial charge in [-0.05, 0) is 7.05 Å². The van der Waals surface area contributed by atoms with Crippen molar-refractivity contribution in [2.24, 2.45) is 0 Å². The largest absolute Gasteiger partial charge is 0.379 e. The molecule has 0 atom stereocenters. The monoisotopic (exact) mass is 176 g/mol. The van der Waals surface area contributed by atoms with Gasteiger partial charge in [0.05, 0.1) is 20.3 Å². The number of likely N-dealkylation sites (N-methyl/N-ethyl adjacent to an activating group) is 1. The molecule has 0 aromatic rings. The summed E-state index contributed by atoms with van der Waals surface area (Å²) >= 11 is 0. The molecular formula is C8H20N2O2. The van der Waals surface area contributed by atoms with Crippen LogP contribution in [0.5, 0.6) is 0 Å². The molecule has 0 aromatic carbocycles. The lowest BCUT2D eigenvalue weighted by atomic mass is 10.5. The van der Waals surface area contributed by atoms with Gasteiger partial charge >= 0.3 is 0 Å². The fourth-order valence-electron chi connectivity index (χ4n) is 0.799. The lowest BCUT2D eigenvalue weighted by molar-refractivity contribution is 0.0503. The first-order valence-electron chi connectivity index (χ1n) is 4.33. The molecule has 1 N–H and O–H groups in total. The van der Waals surface area contributed by atoms with Gasteiger partial charge in [0.1, 0.15) is 0 Å². The average Bonchev–Trinajstić information content (AvgIpc) is 2.08. The minimum absolute atomic E-state index is 0.872. The molecular weight excluding hydrogens is 156 g/mol. The topological polar surface area (TPSA) is 33.7 Å². The summed E-state index contributed by atoms with van der Waals surface area (Å²) in [7, 11) is 3.71. The van der Waals surface area contributed by atoms with E-state index in [1.54, 1.807) is 7.11 Å². The number of rotatable bonds is 2. The highest BCUT2D eigenvalue weighted by atomic mass is 16.6. The first-order chi connectivity index (χ1) is 5.81. The molecule has 0 bridgehead atoms. The summed E-state index contributed by atoms with van der Waals surface area (Å²) in [6.07, 6.45) is 0. The SMILES string of the molecule is CCNOC.CN1CCOCC1. The van der Waals surface area contributed by atoms with E-state index in [4.69, 9.17) is 4.74 Å². The van der Waals surface area contributed by atoms with Crippen molar-refractivity contribution in [3.8, 4) is 0 Å². The zero-order valence-corrected chi connectivity index (χ0v) is 8.30. The lowest BCUT2D eigenvalue weighted by Gasteiger charge is -2.21. The number of nitrogens with one attached hydrogen (secondary N) is 1. The summed E-state index contributed by atoms with van der Waals surface area (Å²) < 4.78 is 5.10. The van der Waals surface area contributed by atoms with Crippen LogP contribution in [0.15, 0.2) is 0 Å². The lowest BCUT2D eigenvalue weighted by Crippen LogP contribution is -2.32. The maximum atomic E-state index is 5.10. The van der Waals surface area contributed by atoms with E-state index in [-0.39, 0.29) is 0 Å². The standard InChI is InChI=1S/C5H11NO.C3H9NO/c1-6-2-4-7-5-3-6;1-3-4-5-2/h2-5H2,1H3;4H,3H2,1-2H3. The summed E-state index contributed by atoms with van der Waals surface area (Å²) in [5.74, 6) is 0. The molecule has 1 aliphatic heterocycles. The number of hydroxylamine groups is 1. The van der Waals surface area contributed by atoms with E-state index in [1.807, 2.05) is 6.92 Å². The van der Waals surface area contributed by atoms with Crippen molar-refractivity contribution in [1.82, 2.24) is 10.4 Å². The molecule has 4 nitrogen and oxygen atoms in total. The Balaban J connectivity index is 0.000000217. The minimum Gasteiger partial charge on any atom is -0.379 e. The van der Waals surface area contributed by atoms with Crippen molar-refractivity contribution in [3.05, 3.63) is 0 Å². The van der Waals surface area contributed by atoms with Crippen molar-refractivity contribution >= 4 is 0 Å². The Kier molecular flexibility index (Phi) is 8.81. The van der Waals surface area contributed by atoms with E-state index < -0.39 is 0 Å². The number of hydrogen-bond donors (Lipinski definition) is 1. The van der Waals surface area contributed by atoms with Crippen LogP contribution in [-0.4, -0.2) is 51.9 Å². The molecule has 0 radical (unpaired) electrons. The highest BCUT2D eigenvalue weighted by molar-refractivity contribution is 4.53. The summed E-state index contributed by atoms with van der Waals surface area (Å²) in [5, 5.41) is 0. The Morgan fingerprint density at radius 3 is 2.17 bits per heavy atom. The number of ether oxygens (including phenoxy) is 1. The molecule has 0 spiro atoms. The molecule has 0 amide bonds. The van der Waals surface area contributed by atoms with Gasteiger partial charge in [-0.25, -0.2) is 5.48 Å². The van der Waals surface area contributed by atoms with Crippen LogP contribution in [0.2, 0.25) is 0 Å². The van der Waals surface area contributed by atoms with E-state index in [0.717, 1.165) is 32.8 Å². The van der Waals surface area contributed by atoms with Crippen LogP contribution in [0.25, 0.3) is 0 Å². The minimum atomic E-state index is 0.872. The van der Waals surface area contributed by atoms with Crippen molar-refractivity contribution in [3.63, 3.8) is 0 Å². The fraction of sp³-hybridized carbons (Fsp3) is 1.00. The van der Waals surface area contributed by atoms with Gasteiger partial charge in [0.2, 0.25) is 0 Å². The predicted molar refractivity (Wildman–Crippen MR) is 49.0 cm³/mol. The van der Waals surface area contributed by atoms with Crippen LogP contribution >= 0.6 is 0 Å². The molecule has 1 rings (SSSR count). The normalized spacial score (nSPS) is 18.2. The quantitative estimate of drug-likeness (QED) is 0.605. The second-order valence-corrected chi connectivity index (χ2v) is 2.62. The van der Waals surface area contributed by atoms with Gasteiger partial charge < -0.3 is 14.5 Å². The Morgan fingerprint density at radius 1 is 1.42 bits per heavy atom. The molecule has 1 aliphatic rings. The molecule has 1 saturated heterocycles. The van der Waals surface area contributed by atoms with Crippen LogP contribution in [0, 0.1) is 0 Å². The van der Waals surface area contributed by atoms with E-state index in [0.29, 0.717) is 0 Å². The molecule has 0 aliphatic carbocycles. The number of morpholine rings is 1. The van der Waals surface area contributed by atoms with Gasteiger partial charge in [-0.15, -0.1) is 0 Å². The third-order valence-electron chi connectivity index (χ3n) is 1.52. The zero-order chi connectivity index (χ0) is 9.23. The Labute approximate surface area is 74.8 Å². The van der Waals surface area contributed by atoms with E-state index in [9.17, 15) is 0 Å². The molecule has 0 aromatic heterocycles. The van der Waals surface area contributed by atoms with Gasteiger partial charge in [-0.3, -0.25) is 0 Å². The molecule has 1 fully saturated rings. The van der Waals surface area contributed by atoms with E-state index in [1.165, 1.54) is 0 Å². The van der Waals surface area contributed by atoms with Gasteiger partial charge in [-0.2, -0.15) is 0 Å². The smallest absolute Gasteiger partial charge is 0.0594 e. The number of hydrogen-bond acceptors (Lipinski definition) is 4. The predicted octanol–water partition coefficient (Wildman–Crippen LogP) is 0.106. The molecule has 4 heteroatoms. The van der Waals surface area contributed by atoms with Crippen LogP contribution < -0.4 is 5.48 Å². The second-order valence-electron chi connectivity index (χ2n) is 2.62. The summed E-state index contributed by atoms with van der Waals surface area (Å²) in [5.41, 5.74) is 2.61. The zero-order valence-electron chi connectivity index (χ0n) is 8.30. The highest BCUT2D eigenvalue weighted by Gasteiger charge is 2.02. The van der Waals surface area contributed by atoms with Gasteiger partial charge in [0.15, 0.2) is 0 Å². The number of nitrogens with zero attached hydrogens (tertiary/aromatic N) is 1. The first-order valence-corrected chi connectivity index (χ1v) is 4.33. The van der Waals surface area contributed by atoms with Crippen LogP contribution in [0.4, 0.5) is 0 Å². The van der Waals surface area contributed by atoms with Crippen LogP contribution in [-0.2, 0) is 9.57 Å². The molecule has 74 valence electrons. The maximum absolute atomic E-state index is 5.10. The van der Waals surface area contributed by atoms with E-state index in [2.05, 4.69) is 22.3 Å². The van der Waals surface area contributed by atoms with Gasteiger partial charge in [0.25, 0.3) is 0 Å². The highest BCUT2D eigenvalue weighted by Crippen LogP contribution is 1.89. The third kappa shape index (κ3) is 7.94. The first kappa shape index (κ1) is 11.8. The fourth-order valence-corrected chi connectivity index (χ4v) is 0.799. The van der Waals surface area contributed by atoms with Crippen LogP contribution in [0.1, 0.15) is 6.92 Å². The van der Waals surface area contributed by atoms with Gasteiger partial charge in [-0.1, -0.05) is 6.92 Å². The Bertz CT molecular complexity index is 83.1. The third-order valence-corrected chi connectivity index (χ3v) is 1.52. The van der Waals surface area contributed by atoms with Crippen molar-refractivity contribution in [2.45, 2.75) is 6.92 Å². The summed E-state index contributed by atoms with van der Waals surface area (Å²) in [6.45, 7) is 6.87. The molecule has 0 unspecified atom stereocenters. The van der Waals surface area contributed by atoms with Crippen molar-refractivity contribution < 1.29 is 9.57 Å². The molecule has 12 heavy (non-hydrogen) atoms. The summed E-state index contributed by atoms with van der Waals surface area (Å²) in [4.78, 5) is 6.71. The second kappa shape index (κ2) is 8.93. The van der Waals surface area contributed by atoms with Crippen molar-refractivity contribution in [1.29, 1.82) is 0 Å². The molecule has 1 heterocycles. The Hall–Kier alpha value is -0.160.